The van der Waals surface area contributed by atoms with Gasteiger partial charge >= 0.3 is 0 Å². The predicted octanol–water partition coefficient (Wildman–Crippen LogP) is 1.94. The summed E-state index contributed by atoms with van der Waals surface area (Å²) in [6.07, 6.45) is 4.64. The van der Waals surface area contributed by atoms with Crippen molar-refractivity contribution in [1.29, 1.82) is 0 Å². The molecule has 1 fully saturated rings. The third kappa shape index (κ3) is 2.94. The highest BCUT2D eigenvalue weighted by atomic mass is 16.4. The van der Waals surface area contributed by atoms with E-state index >= 15 is 0 Å². The van der Waals surface area contributed by atoms with E-state index in [1.807, 2.05) is 18.7 Å². The number of carbonyl (C=O) groups excluding carboxylic acids is 1. The lowest BCUT2D eigenvalue weighted by molar-refractivity contribution is -0.136. The van der Waals surface area contributed by atoms with Crippen molar-refractivity contribution >= 4 is 11.7 Å². The zero-order valence-electron chi connectivity index (χ0n) is 11.6. The smallest absolute Gasteiger partial charge is 0.236 e. The summed E-state index contributed by atoms with van der Waals surface area (Å²) in [5, 5.41) is 11.8. The topological polar surface area (TPSA) is 78.9 Å². The largest absolute Gasteiger partial charge is 0.409 e. The number of unbranched alkanes of at least 4 members (excludes halogenated alkanes) is 2. The molecule has 104 valence electrons. The van der Waals surface area contributed by atoms with E-state index in [-0.39, 0.29) is 17.8 Å². The summed E-state index contributed by atoms with van der Waals surface area (Å²) in [6, 6.07) is 0.151. The van der Waals surface area contributed by atoms with Gasteiger partial charge in [-0.15, -0.1) is 0 Å². The lowest BCUT2D eigenvalue weighted by atomic mass is 10.0. The lowest BCUT2D eigenvalue weighted by Crippen LogP contribution is -2.47. The summed E-state index contributed by atoms with van der Waals surface area (Å²) in [7, 11) is 0. The van der Waals surface area contributed by atoms with Crippen LogP contribution in [0.1, 0.15) is 52.9 Å². The number of hydrogen-bond acceptors (Lipinski definition) is 3. The standard InChI is InChI=1S/C13H25N3O2/c1-4-5-6-9-16(10(2)3)12(17)13(7-8-13)11(14)15-18/h10,18H,4-9H2,1-3H3,(H2,14,15). The molecule has 0 aromatic heterocycles. The van der Waals surface area contributed by atoms with Crippen LogP contribution in [0.15, 0.2) is 5.16 Å². The average Bonchev–Trinajstić information content (AvgIpc) is 3.14. The molecule has 0 heterocycles. The van der Waals surface area contributed by atoms with Crippen LogP contribution in [0.25, 0.3) is 0 Å². The molecule has 0 unspecified atom stereocenters. The molecular weight excluding hydrogens is 230 g/mol. The zero-order chi connectivity index (χ0) is 13.8. The van der Waals surface area contributed by atoms with E-state index in [2.05, 4.69) is 12.1 Å². The van der Waals surface area contributed by atoms with Crippen molar-refractivity contribution in [2.75, 3.05) is 6.54 Å². The molecule has 1 aliphatic rings. The molecule has 0 radical (unpaired) electrons. The minimum atomic E-state index is -0.717. The van der Waals surface area contributed by atoms with Gasteiger partial charge in [0.2, 0.25) is 5.91 Å². The van der Waals surface area contributed by atoms with E-state index in [1.54, 1.807) is 0 Å². The van der Waals surface area contributed by atoms with Crippen LogP contribution in [0.2, 0.25) is 0 Å². The van der Waals surface area contributed by atoms with Gasteiger partial charge in [0.1, 0.15) is 5.41 Å². The van der Waals surface area contributed by atoms with E-state index in [9.17, 15) is 4.79 Å². The fourth-order valence-electron chi connectivity index (χ4n) is 2.20. The normalized spacial score (nSPS) is 17.9. The third-order valence-corrected chi connectivity index (χ3v) is 3.64. The maximum absolute atomic E-state index is 12.5. The predicted molar refractivity (Wildman–Crippen MR) is 71.4 cm³/mol. The highest BCUT2D eigenvalue weighted by Crippen LogP contribution is 2.47. The van der Waals surface area contributed by atoms with E-state index in [4.69, 9.17) is 10.9 Å². The van der Waals surface area contributed by atoms with Crippen molar-refractivity contribution in [2.24, 2.45) is 16.3 Å². The van der Waals surface area contributed by atoms with Crippen LogP contribution >= 0.6 is 0 Å². The molecule has 0 bridgehead atoms. The first-order valence-corrected chi connectivity index (χ1v) is 6.78. The van der Waals surface area contributed by atoms with Gasteiger partial charge in [0.05, 0.1) is 0 Å². The second kappa shape index (κ2) is 6.07. The van der Waals surface area contributed by atoms with Gasteiger partial charge in [-0.1, -0.05) is 24.9 Å². The number of hydrogen-bond donors (Lipinski definition) is 2. The molecule has 5 heteroatoms. The molecule has 0 atom stereocenters. The van der Waals surface area contributed by atoms with E-state index in [0.29, 0.717) is 12.8 Å². The SMILES string of the molecule is CCCCCN(C(=O)C1(C(N)=NO)CC1)C(C)C. The average molecular weight is 255 g/mol. The van der Waals surface area contributed by atoms with Crippen molar-refractivity contribution in [3.05, 3.63) is 0 Å². The fourth-order valence-corrected chi connectivity index (χ4v) is 2.20. The van der Waals surface area contributed by atoms with Crippen LogP contribution < -0.4 is 5.73 Å². The van der Waals surface area contributed by atoms with Gasteiger partial charge in [0.25, 0.3) is 0 Å². The number of oxime groups is 1. The van der Waals surface area contributed by atoms with Crippen molar-refractivity contribution < 1.29 is 10.0 Å². The Morgan fingerprint density at radius 1 is 1.44 bits per heavy atom. The molecule has 0 saturated heterocycles. The van der Waals surface area contributed by atoms with Gasteiger partial charge < -0.3 is 15.8 Å². The molecule has 1 rings (SSSR count). The molecule has 18 heavy (non-hydrogen) atoms. The highest BCUT2D eigenvalue weighted by Gasteiger charge is 2.56. The minimum Gasteiger partial charge on any atom is -0.409 e. The first kappa shape index (κ1) is 14.8. The quantitative estimate of drug-likeness (QED) is 0.240. The molecule has 3 N–H and O–H groups in total. The van der Waals surface area contributed by atoms with Crippen LogP contribution in [0.4, 0.5) is 0 Å². The maximum atomic E-state index is 12.5. The van der Waals surface area contributed by atoms with Gasteiger partial charge in [-0.25, -0.2) is 0 Å². The van der Waals surface area contributed by atoms with Crippen molar-refractivity contribution in [3.8, 4) is 0 Å². The summed E-state index contributed by atoms with van der Waals surface area (Å²) < 4.78 is 0. The van der Waals surface area contributed by atoms with Gasteiger partial charge in [0.15, 0.2) is 5.84 Å². The Hall–Kier alpha value is -1.26. The number of rotatable bonds is 7. The number of carbonyl (C=O) groups is 1. The Bertz CT molecular complexity index is 322. The number of amides is 1. The van der Waals surface area contributed by atoms with Crippen LogP contribution in [0.3, 0.4) is 0 Å². The second-order valence-electron chi connectivity index (χ2n) is 5.37. The molecule has 0 spiro atoms. The molecule has 5 nitrogen and oxygen atoms in total. The Morgan fingerprint density at radius 3 is 2.44 bits per heavy atom. The number of amidine groups is 1. The molecule has 1 amide bonds. The first-order valence-electron chi connectivity index (χ1n) is 6.78. The van der Waals surface area contributed by atoms with E-state index < -0.39 is 5.41 Å². The third-order valence-electron chi connectivity index (χ3n) is 3.64. The molecule has 1 aliphatic carbocycles. The number of nitrogens with zero attached hydrogens (tertiary/aromatic N) is 2. The van der Waals surface area contributed by atoms with E-state index in [0.717, 1.165) is 25.8 Å². The molecular formula is C13H25N3O2. The van der Waals surface area contributed by atoms with Crippen molar-refractivity contribution in [3.63, 3.8) is 0 Å². The highest BCUT2D eigenvalue weighted by molar-refractivity contribution is 6.09. The monoisotopic (exact) mass is 255 g/mol. The molecule has 1 saturated carbocycles. The fraction of sp³-hybridized carbons (Fsp3) is 0.846. The van der Waals surface area contributed by atoms with E-state index in [1.165, 1.54) is 0 Å². The van der Waals surface area contributed by atoms with Crippen molar-refractivity contribution in [2.45, 2.75) is 58.9 Å². The van der Waals surface area contributed by atoms with Crippen LogP contribution in [-0.2, 0) is 4.79 Å². The summed E-state index contributed by atoms with van der Waals surface area (Å²) in [5.74, 6) is 0.0811. The second-order valence-corrected chi connectivity index (χ2v) is 5.37. The van der Waals surface area contributed by atoms with Crippen LogP contribution in [-0.4, -0.2) is 34.4 Å². The van der Waals surface area contributed by atoms with Crippen LogP contribution in [0.5, 0.6) is 0 Å². The molecule has 0 aliphatic heterocycles. The minimum absolute atomic E-state index is 0.0175. The lowest BCUT2D eigenvalue weighted by Gasteiger charge is -2.30. The summed E-state index contributed by atoms with van der Waals surface area (Å²) in [5.41, 5.74) is 4.94. The summed E-state index contributed by atoms with van der Waals surface area (Å²) in [4.78, 5) is 14.4. The first-order chi connectivity index (χ1) is 8.49. The van der Waals surface area contributed by atoms with Gasteiger partial charge in [-0.3, -0.25) is 4.79 Å². The Morgan fingerprint density at radius 2 is 2.06 bits per heavy atom. The van der Waals surface area contributed by atoms with Gasteiger partial charge in [-0.2, -0.15) is 0 Å². The molecule has 0 aromatic rings. The van der Waals surface area contributed by atoms with Gasteiger partial charge in [0, 0.05) is 12.6 Å². The van der Waals surface area contributed by atoms with Gasteiger partial charge in [-0.05, 0) is 33.1 Å². The summed E-state index contributed by atoms with van der Waals surface area (Å²) in [6.45, 7) is 6.91. The Labute approximate surface area is 109 Å². The Kier molecular flexibility index (Phi) is 4.99. The summed E-state index contributed by atoms with van der Waals surface area (Å²) >= 11 is 0. The number of nitrogens with two attached hydrogens (primary N) is 1. The van der Waals surface area contributed by atoms with Crippen molar-refractivity contribution in [1.82, 2.24) is 4.90 Å². The Balaban J connectivity index is 2.71. The molecule has 0 aromatic carbocycles. The zero-order valence-corrected chi connectivity index (χ0v) is 11.6. The van der Waals surface area contributed by atoms with Crippen LogP contribution in [0, 0.1) is 5.41 Å². The maximum Gasteiger partial charge on any atom is 0.236 e.